The van der Waals surface area contributed by atoms with Gasteiger partial charge in [-0.25, -0.2) is 4.79 Å². The predicted molar refractivity (Wildman–Crippen MR) is 87.6 cm³/mol. The van der Waals surface area contributed by atoms with Gasteiger partial charge in [-0.3, -0.25) is 0 Å². The maximum Gasteiger partial charge on any atom is 0.323 e. The van der Waals surface area contributed by atoms with Crippen molar-refractivity contribution in [2.75, 3.05) is 0 Å². The molecule has 4 rings (SSSR count). The second-order valence-electron chi connectivity index (χ2n) is 5.55. The molecule has 1 unspecified atom stereocenters. The number of halogens is 1. The van der Waals surface area contributed by atoms with Crippen molar-refractivity contribution in [2.45, 2.75) is 31.1 Å². The molecular formula is C16H15ClN2OS. The van der Waals surface area contributed by atoms with E-state index in [1.165, 1.54) is 41.0 Å². The Balaban J connectivity index is 1.73. The average Bonchev–Trinajstić information content (AvgIpc) is 3.07. The number of aryl methyl sites for hydroxylation is 2. The Morgan fingerprint density at radius 2 is 1.90 bits per heavy atom. The predicted octanol–water partition coefficient (Wildman–Crippen LogP) is 4.12. The zero-order valence-electron chi connectivity index (χ0n) is 11.4. The number of imidazole rings is 1. The largest absolute Gasteiger partial charge is 0.323 e. The number of H-pyrrole nitrogens is 2. The van der Waals surface area contributed by atoms with Gasteiger partial charge in [0, 0.05) is 9.75 Å². The summed E-state index contributed by atoms with van der Waals surface area (Å²) in [4.78, 5) is 19.6. The number of benzene rings is 1. The third kappa shape index (κ3) is 2.32. The number of nitrogens with one attached hydrogen (secondary N) is 2. The molecule has 2 heterocycles. The highest BCUT2D eigenvalue weighted by Crippen LogP contribution is 2.38. The van der Waals surface area contributed by atoms with E-state index in [4.69, 9.17) is 11.6 Å². The number of rotatable bonds is 2. The smallest absolute Gasteiger partial charge is 0.306 e. The molecule has 0 saturated heterocycles. The third-order valence-electron chi connectivity index (χ3n) is 4.10. The first-order valence-electron chi connectivity index (χ1n) is 7.18. The first kappa shape index (κ1) is 13.2. The molecule has 0 bridgehead atoms. The quantitative estimate of drug-likeness (QED) is 0.686. The van der Waals surface area contributed by atoms with Crippen molar-refractivity contribution >= 4 is 34.0 Å². The summed E-state index contributed by atoms with van der Waals surface area (Å²) in [5.41, 5.74) is 3.95. The molecule has 1 atom stereocenters. The van der Waals surface area contributed by atoms with Gasteiger partial charge < -0.3 is 9.97 Å². The van der Waals surface area contributed by atoms with Crippen LogP contribution in [0.4, 0.5) is 0 Å². The lowest BCUT2D eigenvalue weighted by Crippen LogP contribution is -1.99. The number of alkyl halides is 1. The molecule has 21 heavy (non-hydrogen) atoms. The second kappa shape index (κ2) is 5.04. The van der Waals surface area contributed by atoms with E-state index in [9.17, 15) is 4.79 Å². The summed E-state index contributed by atoms with van der Waals surface area (Å²) in [5.74, 6) is 0. The van der Waals surface area contributed by atoms with Crippen molar-refractivity contribution in [1.82, 2.24) is 9.97 Å². The molecule has 3 aromatic rings. The van der Waals surface area contributed by atoms with Crippen LogP contribution < -0.4 is 5.69 Å². The van der Waals surface area contributed by atoms with Gasteiger partial charge in [0.2, 0.25) is 0 Å². The Bertz CT molecular complexity index is 837. The first-order valence-corrected chi connectivity index (χ1v) is 8.43. The molecule has 0 fully saturated rings. The molecule has 0 amide bonds. The fourth-order valence-corrected chi connectivity index (χ4v) is 4.61. The molecule has 0 radical (unpaired) electrons. The Labute approximate surface area is 131 Å². The summed E-state index contributed by atoms with van der Waals surface area (Å²) in [6.07, 6.45) is 4.94. The molecule has 2 N–H and O–H groups in total. The summed E-state index contributed by atoms with van der Waals surface area (Å²) in [7, 11) is 0. The molecule has 108 valence electrons. The van der Waals surface area contributed by atoms with E-state index >= 15 is 0 Å². The van der Waals surface area contributed by atoms with Crippen LogP contribution in [0.1, 0.15) is 39.1 Å². The fraction of sp³-hybridized carbons (Fsp3) is 0.312. The van der Waals surface area contributed by atoms with Crippen LogP contribution in [0.3, 0.4) is 0 Å². The van der Waals surface area contributed by atoms with Crippen LogP contribution in [0, 0.1) is 0 Å². The van der Waals surface area contributed by atoms with E-state index < -0.39 is 0 Å². The van der Waals surface area contributed by atoms with Crippen LogP contribution in [0.5, 0.6) is 0 Å². The highest BCUT2D eigenvalue weighted by atomic mass is 35.5. The summed E-state index contributed by atoms with van der Waals surface area (Å²) in [6.45, 7) is 0. The van der Waals surface area contributed by atoms with Crippen molar-refractivity contribution in [2.24, 2.45) is 0 Å². The van der Waals surface area contributed by atoms with Crippen molar-refractivity contribution < 1.29 is 0 Å². The van der Waals surface area contributed by atoms with E-state index in [1.807, 2.05) is 29.5 Å². The Hall–Kier alpha value is -1.52. The van der Waals surface area contributed by atoms with E-state index in [-0.39, 0.29) is 11.1 Å². The fourth-order valence-electron chi connectivity index (χ4n) is 3.01. The normalized spacial score (nSPS) is 16.0. The van der Waals surface area contributed by atoms with Gasteiger partial charge in [-0.05, 0) is 55.0 Å². The Morgan fingerprint density at radius 1 is 1.10 bits per heavy atom. The maximum absolute atomic E-state index is 11.3. The summed E-state index contributed by atoms with van der Waals surface area (Å²) >= 11 is 8.50. The Morgan fingerprint density at radius 3 is 2.76 bits per heavy atom. The number of hydrogen-bond donors (Lipinski definition) is 2. The highest BCUT2D eigenvalue weighted by Gasteiger charge is 2.19. The minimum absolute atomic E-state index is 0.150. The van der Waals surface area contributed by atoms with Crippen LogP contribution in [0.15, 0.2) is 29.1 Å². The van der Waals surface area contributed by atoms with Crippen molar-refractivity contribution in [3.8, 4) is 0 Å². The van der Waals surface area contributed by atoms with Crippen LogP contribution in [0.25, 0.3) is 11.0 Å². The van der Waals surface area contributed by atoms with Crippen LogP contribution in [-0.2, 0) is 12.8 Å². The van der Waals surface area contributed by atoms with Gasteiger partial charge in [-0.2, -0.15) is 0 Å². The zero-order chi connectivity index (χ0) is 14.4. The summed E-state index contributed by atoms with van der Waals surface area (Å²) in [5, 5.41) is -0.150. The van der Waals surface area contributed by atoms with Crippen LogP contribution in [0.2, 0.25) is 0 Å². The number of aromatic nitrogens is 2. The van der Waals surface area contributed by atoms with Crippen molar-refractivity contribution in [3.63, 3.8) is 0 Å². The van der Waals surface area contributed by atoms with Crippen molar-refractivity contribution in [1.29, 1.82) is 0 Å². The molecule has 0 spiro atoms. The third-order valence-corrected chi connectivity index (χ3v) is 6.02. The van der Waals surface area contributed by atoms with E-state index in [1.54, 1.807) is 0 Å². The SMILES string of the molecule is O=c1[nH]c2ccc(C(Cl)c3cc4c(s3)CCCC4)cc2[nH]1. The first-order chi connectivity index (χ1) is 10.2. The minimum Gasteiger partial charge on any atom is -0.306 e. The van der Waals surface area contributed by atoms with Crippen LogP contribution >= 0.6 is 22.9 Å². The van der Waals surface area contributed by atoms with Gasteiger partial charge in [0.05, 0.1) is 16.4 Å². The highest BCUT2D eigenvalue weighted by molar-refractivity contribution is 7.12. The Kier molecular flexibility index (Phi) is 3.16. The van der Waals surface area contributed by atoms with Gasteiger partial charge in [0.25, 0.3) is 0 Å². The molecule has 1 aliphatic rings. The van der Waals surface area contributed by atoms with E-state index in [0.717, 1.165) is 16.6 Å². The van der Waals surface area contributed by atoms with Crippen molar-refractivity contribution in [3.05, 3.63) is 55.6 Å². The lowest BCUT2D eigenvalue weighted by atomic mass is 9.98. The molecular weight excluding hydrogens is 304 g/mol. The number of hydrogen-bond acceptors (Lipinski definition) is 2. The monoisotopic (exact) mass is 318 g/mol. The summed E-state index contributed by atoms with van der Waals surface area (Å²) in [6, 6.07) is 8.12. The zero-order valence-corrected chi connectivity index (χ0v) is 13.0. The van der Waals surface area contributed by atoms with Gasteiger partial charge in [0.1, 0.15) is 0 Å². The second-order valence-corrected chi connectivity index (χ2v) is 7.16. The summed E-state index contributed by atoms with van der Waals surface area (Å²) < 4.78 is 0. The maximum atomic E-state index is 11.3. The lowest BCUT2D eigenvalue weighted by Gasteiger charge is -2.08. The lowest BCUT2D eigenvalue weighted by molar-refractivity contribution is 0.697. The average molecular weight is 319 g/mol. The molecule has 5 heteroatoms. The van der Waals surface area contributed by atoms with Crippen LogP contribution in [-0.4, -0.2) is 9.97 Å². The standard InChI is InChI=1S/C16H15ClN2OS/c17-15(14-8-9-3-1-2-4-13(9)21-14)10-5-6-11-12(7-10)19-16(20)18-11/h5-8,15H,1-4H2,(H2,18,19,20). The van der Waals surface area contributed by atoms with Gasteiger partial charge >= 0.3 is 5.69 Å². The number of fused-ring (bicyclic) bond motifs is 2. The topological polar surface area (TPSA) is 48.6 Å². The number of aromatic amines is 2. The van der Waals surface area contributed by atoms with Gasteiger partial charge in [-0.15, -0.1) is 22.9 Å². The molecule has 3 nitrogen and oxygen atoms in total. The molecule has 2 aromatic heterocycles. The number of thiophene rings is 1. The van der Waals surface area contributed by atoms with E-state index in [0.29, 0.717) is 0 Å². The minimum atomic E-state index is -0.181. The molecule has 0 saturated carbocycles. The van der Waals surface area contributed by atoms with Gasteiger partial charge in [-0.1, -0.05) is 6.07 Å². The molecule has 1 aromatic carbocycles. The van der Waals surface area contributed by atoms with E-state index in [2.05, 4.69) is 16.0 Å². The van der Waals surface area contributed by atoms with Gasteiger partial charge in [0.15, 0.2) is 0 Å². The molecule has 0 aliphatic heterocycles. The molecule has 1 aliphatic carbocycles.